The normalized spacial score (nSPS) is 22.1. The molecule has 0 aromatic rings. The van der Waals surface area contributed by atoms with E-state index < -0.39 is 0 Å². The first-order valence-corrected chi connectivity index (χ1v) is 6.01. The molecule has 1 saturated carbocycles. The molecule has 0 aromatic carbocycles. The van der Waals surface area contributed by atoms with E-state index in [-0.39, 0.29) is 5.54 Å². The zero-order valence-corrected chi connectivity index (χ0v) is 10.1. The summed E-state index contributed by atoms with van der Waals surface area (Å²) < 4.78 is 0. The molecule has 2 nitrogen and oxygen atoms in total. The molecule has 2 N–H and O–H groups in total. The largest absolute Gasteiger partial charge is 0.324 e. The molecular formula is C12H26N2. The predicted molar refractivity (Wildman–Crippen MR) is 62.3 cm³/mol. The fraction of sp³-hybridized carbons (Fsp3) is 1.00. The van der Waals surface area contributed by atoms with Gasteiger partial charge < -0.3 is 10.6 Å². The van der Waals surface area contributed by atoms with Crippen molar-refractivity contribution in [2.75, 3.05) is 20.1 Å². The van der Waals surface area contributed by atoms with Crippen LogP contribution in [0, 0.1) is 5.92 Å². The van der Waals surface area contributed by atoms with Gasteiger partial charge in [0.15, 0.2) is 0 Å². The molecular weight excluding hydrogens is 172 g/mol. The van der Waals surface area contributed by atoms with Crippen LogP contribution in [0.5, 0.6) is 0 Å². The molecule has 1 atom stereocenters. The van der Waals surface area contributed by atoms with Gasteiger partial charge >= 0.3 is 0 Å². The van der Waals surface area contributed by atoms with E-state index in [1.54, 1.807) is 0 Å². The summed E-state index contributed by atoms with van der Waals surface area (Å²) in [6.07, 6.45) is 6.61. The molecule has 1 rings (SSSR count). The zero-order chi connectivity index (χ0) is 10.6. The van der Waals surface area contributed by atoms with Crippen molar-refractivity contribution in [1.29, 1.82) is 0 Å². The van der Waals surface area contributed by atoms with E-state index >= 15 is 0 Å². The Hall–Kier alpha value is -0.0800. The molecule has 0 bridgehead atoms. The third-order valence-corrected chi connectivity index (χ3v) is 3.25. The summed E-state index contributed by atoms with van der Waals surface area (Å²) in [6, 6.07) is 0. The highest BCUT2D eigenvalue weighted by molar-refractivity contribution is 4.83. The van der Waals surface area contributed by atoms with Gasteiger partial charge in [0.25, 0.3) is 0 Å². The van der Waals surface area contributed by atoms with Crippen LogP contribution in [0.2, 0.25) is 0 Å². The Morgan fingerprint density at radius 2 is 2.07 bits per heavy atom. The maximum atomic E-state index is 6.22. The lowest BCUT2D eigenvalue weighted by Gasteiger charge is -2.35. The van der Waals surface area contributed by atoms with E-state index in [9.17, 15) is 0 Å². The first-order chi connectivity index (χ1) is 6.53. The number of hydrogen-bond acceptors (Lipinski definition) is 2. The molecule has 0 aliphatic heterocycles. The Balaban J connectivity index is 2.20. The molecule has 1 aliphatic rings. The highest BCUT2D eigenvalue weighted by Gasteiger charge is 2.23. The van der Waals surface area contributed by atoms with Gasteiger partial charge in [-0.05, 0) is 39.2 Å². The van der Waals surface area contributed by atoms with Gasteiger partial charge in [0.1, 0.15) is 0 Å². The summed E-state index contributed by atoms with van der Waals surface area (Å²) in [4.78, 5) is 2.42. The summed E-state index contributed by atoms with van der Waals surface area (Å²) in [5.41, 5.74) is 6.23. The summed E-state index contributed by atoms with van der Waals surface area (Å²) >= 11 is 0. The van der Waals surface area contributed by atoms with Crippen LogP contribution in [0.25, 0.3) is 0 Å². The minimum Gasteiger partial charge on any atom is -0.324 e. The number of hydrogen-bond donors (Lipinski definition) is 1. The molecule has 0 saturated heterocycles. The second-order valence-corrected chi connectivity index (χ2v) is 5.40. The second-order valence-electron chi connectivity index (χ2n) is 5.40. The Kier molecular flexibility index (Phi) is 4.39. The summed E-state index contributed by atoms with van der Waals surface area (Å²) in [6.45, 7) is 6.67. The van der Waals surface area contributed by atoms with Gasteiger partial charge in [0, 0.05) is 18.6 Å². The number of likely N-dealkylation sites (N-methyl/N-ethyl adjacent to an activating group) is 1. The van der Waals surface area contributed by atoms with Crippen molar-refractivity contribution in [2.24, 2.45) is 11.7 Å². The minimum atomic E-state index is 0.00719. The monoisotopic (exact) mass is 198 g/mol. The van der Waals surface area contributed by atoms with Crippen LogP contribution in [0.15, 0.2) is 0 Å². The summed E-state index contributed by atoms with van der Waals surface area (Å²) in [5.74, 6) is 0.956. The van der Waals surface area contributed by atoms with Crippen LogP contribution in [0.3, 0.4) is 0 Å². The SMILES string of the molecule is CCCC(C)(N)CN(C)CC1CCC1. The van der Waals surface area contributed by atoms with Gasteiger partial charge in [-0.2, -0.15) is 0 Å². The van der Waals surface area contributed by atoms with Crippen molar-refractivity contribution in [3.63, 3.8) is 0 Å². The predicted octanol–water partition coefficient (Wildman–Crippen LogP) is 2.24. The van der Waals surface area contributed by atoms with Crippen LogP contribution in [0.4, 0.5) is 0 Å². The smallest absolute Gasteiger partial charge is 0.0254 e. The Labute approximate surface area is 88.8 Å². The average molecular weight is 198 g/mol. The molecule has 14 heavy (non-hydrogen) atoms. The van der Waals surface area contributed by atoms with E-state index in [1.165, 1.54) is 32.2 Å². The van der Waals surface area contributed by atoms with E-state index in [0.717, 1.165) is 18.9 Å². The molecule has 0 spiro atoms. The van der Waals surface area contributed by atoms with Gasteiger partial charge in [0.2, 0.25) is 0 Å². The van der Waals surface area contributed by atoms with Crippen LogP contribution < -0.4 is 5.73 Å². The summed E-state index contributed by atoms with van der Waals surface area (Å²) in [7, 11) is 2.21. The van der Waals surface area contributed by atoms with Gasteiger partial charge in [0.05, 0.1) is 0 Å². The lowest BCUT2D eigenvalue weighted by Crippen LogP contribution is -2.48. The van der Waals surface area contributed by atoms with Crippen molar-refractivity contribution < 1.29 is 0 Å². The standard InChI is InChI=1S/C12H26N2/c1-4-8-12(2,13)10-14(3)9-11-6-5-7-11/h11H,4-10,13H2,1-3H3. The molecule has 1 unspecified atom stereocenters. The number of nitrogens with zero attached hydrogens (tertiary/aromatic N) is 1. The van der Waals surface area contributed by atoms with E-state index in [2.05, 4.69) is 25.8 Å². The molecule has 0 aromatic heterocycles. The molecule has 0 amide bonds. The fourth-order valence-electron chi connectivity index (χ4n) is 2.45. The van der Waals surface area contributed by atoms with Gasteiger partial charge in [-0.3, -0.25) is 0 Å². The Morgan fingerprint density at radius 3 is 2.50 bits per heavy atom. The third-order valence-electron chi connectivity index (χ3n) is 3.25. The lowest BCUT2D eigenvalue weighted by atomic mass is 9.85. The first kappa shape index (κ1) is 12.0. The minimum absolute atomic E-state index is 0.00719. The first-order valence-electron chi connectivity index (χ1n) is 6.01. The molecule has 1 fully saturated rings. The highest BCUT2D eigenvalue weighted by Crippen LogP contribution is 2.27. The number of rotatable bonds is 6. The maximum Gasteiger partial charge on any atom is 0.0254 e. The van der Waals surface area contributed by atoms with Crippen molar-refractivity contribution >= 4 is 0 Å². The maximum absolute atomic E-state index is 6.22. The Morgan fingerprint density at radius 1 is 1.43 bits per heavy atom. The van der Waals surface area contributed by atoms with Crippen LogP contribution in [-0.2, 0) is 0 Å². The molecule has 84 valence electrons. The van der Waals surface area contributed by atoms with Crippen molar-refractivity contribution in [3.05, 3.63) is 0 Å². The van der Waals surface area contributed by atoms with Gasteiger partial charge in [-0.25, -0.2) is 0 Å². The van der Waals surface area contributed by atoms with Crippen molar-refractivity contribution in [2.45, 2.75) is 51.5 Å². The number of nitrogens with two attached hydrogens (primary N) is 1. The van der Waals surface area contributed by atoms with E-state index in [0.29, 0.717) is 0 Å². The lowest BCUT2D eigenvalue weighted by molar-refractivity contribution is 0.174. The molecule has 0 heterocycles. The molecule has 2 heteroatoms. The van der Waals surface area contributed by atoms with Crippen LogP contribution in [-0.4, -0.2) is 30.6 Å². The van der Waals surface area contributed by atoms with Gasteiger partial charge in [-0.1, -0.05) is 19.8 Å². The fourth-order valence-corrected chi connectivity index (χ4v) is 2.45. The molecule has 1 aliphatic carbocycles. The summed E-state index contributed by atoms with van der Waals surface area (Å²) in [5, 5.41) is 0. The van der Waals surface area contributed by atoms with E-state index in [4.69, 9.17) is 5.73 Å². The Bertz CT molecular complexity index is 162. The highest BCUT2D eigenvalue weighted by atomic mass is 15.1. The zero-order valence-electron chi connectivity index (χ0n) is 10.1. The van der Waals surface area contributed by atoms with Crippen LogP contribution in [0.1, 0.15) is 46.0 Å². The third kappa shape index (κ3) is 3.97. The second kappa shape index (κ2) is 5.13. The quantitative estimate of drug-likeness (QED) is 0.709. The van der Waals surface area contributed by atoms with Crippen molar-refractivity contribution in [1.82, 2.24) is 4.90 Å². The average Bonchev–Trinajstić information content (AvgIpc) is 1.95. The van der Waals surface area contributed by atoms with Crippen LogP contribution >= 0.6 is 0 Å². The van der Waals surface area contributed by atoms with Crippen molar-refractivity contribution in [3.8, 4) is 0 Å². The topological polar surface area (TPSA) is 29.3 Å². The van der Waals surface area contributed by atoms with E-state index in [1.807, 2.05) is 0 Å². The van der Waals surface area contributed by atoms with Gasteiger partial charge in [-0.15, -0.1) is 0 Å². The molecule has 0 radical (unpaired) electrons.